The van der Waals surface area contributed by atoms with E-state index in [1.165, 1.54) is 16.8 Å². The molecule has 0 amide bonds. The molecule has 0 saturated carbocycles. The summed E-state index contributed by atoms with van der Waals surface area (Å²) in [5, 5.41) is 0. The van der Waals surface area contributed by atoms with Crippen LogP contribution in [0.3, 0.4) is 0 Å². The second kappa shape index (κ2) is 12.2. The van der Waals surface area contributed by atoms with Gasteiger partial charge >= 0.3 is 242 Å². The van der Waals surface area contributed by atoms with Crippen LogP contribution >= 0.6 is 0 Å². The van der Waals surface area contributed by atoms with Crippen molar-refractivity contribution in [2.24, 2.45) is 0 Å². The maximum atomic E-state index is 7.47. The van der Waals surface area contributed by atoms with Crippen molar-refractivity contribution in [1.29, 1.82) is 0 Å². The van der Waals surface area contributed by atoms with Crippen molar-refractivity contribution in [3.8, 4) is 0 Å². The third-order valence-corrected chi connectivity index (χ3v) is 57.6. The topological polar surface area (TPSA) is 27.7 Å². The number of allylic oxidation sites excluding steroid dienone is 1. The quantitative estimate of drug-likeness (QED) is 0.127. The fourth-order valence-electron chi connectivity index (χ4n) is 6.24. The predicted octanol–water partition coefficient (Wildman–Crippen LogP) is 9.44. The van der Waals surface area contributed by atoms with Crippen molar-refractivity contribution in [1.82, 2.24) is 4.91 Å². The SMILES string of the molecule is C=CC(=C)[O][Sn]([NH]c1c(C(C)C)cccc1C(C)C)([N]([Si](C)(C)C)[Si](C)(C)C)[N]([Si](C)(C)C)[Si](C)(C)C. The average molecular weight is 685 g/mol. The van der Waals surface area contributed by atoms with Gasteiger partial charge in [-0.2, -0.15) is 0 Å². The summed E-state index contributed by atoms with van der Waals surface area (Å²) in [6.45, 7) is 47.9. The van der Waals surface area contributed by atoms with Crippen LogP contribution in [0.2, 0.25) is 78.6 Å². The monoisotopic (exact) mass is 685 g/mol. The number of hydrogen-bond donors (Lipinski definition) is 1. The molecule has 0 aliphatic heterocycles. The minimum atomic E-state index is -4.22. The first kappa shape index (κ1) is 34.9. The molecule has 0 aromatic heterocycles. The van der Waals surface area contributed by atoms with Gasteiger partial charge in [0.25, 0.3) is 0 Å². The first-order chi connectivity index (χ1) is 16.4. The molecular weight excluding hydrogens is 625 g/mol. The molecule has 0 aliphatic carbocycles. The van der Waals surface area contributed by atoms with Gasteiger partial charge in [-0.05, 0) is 0 Å². The van der Waals surface area contributed by atoms with Crippen molar-refractivity contribution in [2.45, 2.75) is 118 Å². The molecule has 0 radical (unpaired) electrons. The second-order valence-electron chi connectivity index (χ2n) is 15.0. The van der Waals surface area contributed by atoms with E-state index in [2.05, 4.69) is 146 Å². The third-order valence-electron chi connectivity index (χ3n) is 6.45. The van der Waals surface area contributed by atoms with Crippen LogP contribution in [0.5, 0.6) is 0 Å². The molecule has 9 heteroatoms. The Hall–Kier alpha value is -0.114. The molecule has 1 rings (SSSR count). The van der Waals surface area contributed by atoms with Gasteiger partial charge in [-0.1, -0.05) is 0 Å². The molecule has 212 valence electrons. The van der Waals surface area contributed by atoms with Gasteiger partial charge in [0.2, 0.25) is 0 Å². The van der Waals surface area contributed by atoms with Gasteiger partial charge in [0.1, 0.15) is 0 Å². The Kier molecular flexibility index (Phi) is 11.5. The molecule has 1 aromatic carbocycles. The van der Waals surface area contributed by atoms with Gasteiger partial charge in [0.05, 0.1) is 0 Å². The van der Waals surface area contributed by atoms with Crippen LogP contribution in [0.15, 0.2) is 43.2 Å². The van der Waals surface area contributed by atoms with E-state index in [0.717, 1.165) is 0 Å². The van der Waals surface area contributed by atoms with Gasteiger partial charge in [0.15, 0.2) is 0 Å². The summed E-state index contributed by atoms with van der Waals surface area (Å²) in [5.41, 5.74) is 4.08. The van der Waals surface area contributed by atoms with Crippen LogP contribution in [-0.2, 0) is 3.07 Å². The Morgan fingerprint density at radius 3 is 1.32 bits per heavy atom. The van der Waals surface area contributed by atoms with Crippen LogP contribution in [0.4, 0.5) is 5.69 Å². The molecule has 0 unspecified atom stereocenters. The van der Waals surface area contributed by atoms with Gasteiger partial charge in [0, 0.05) is 0 Å². The maximum absolute atomic E-state index is 7.47. The fraction of sp³-hybridized carbons (Fsp3) is 0.643. The summed E-state index contributed by atoms with van der Waals surface area (Å²) in [4.78, 5) is 0. The van der Waals surface area contributed by atoms with Crippen molar-refractivity contribution >= 4 is 58.2 Å². The van der Waals surface area contributed by atoms with E-state index in [1.807, 2.05) is 6.08 Å². The number of anilines is 1. The summed E-state index contributed by atoms with van der Waals surface area (Å²) < 4.78 is 18.0. The van der Waals surface area contributed by atoms with Gasteiger partial charge in [-0.25, -0.2) is 0 Å². The Bertz CT molecular complexity index is 868. The van der Waals surface area contributed by atoms with Gasteiger partial charge in [-0.3, -0.25) is 0 Å². The fourth-order valence-corrected chi connectivity index (χ4v) is 70.1. The molecule has 1 N–H and O–H groups in total. The number of benzene rings is 1. The zero-order valence-electron chi connectivity index (χ0n) is 27.2. The molecule has 0 saturated heterocycles. The third kappa shape index (κ3) is 8.44. The molecular formula is C28H59N3OSi4Sn. The molecule has 0 heterocycles. The first-order valence-electron chi connectivity index (χ1n) is 13.9. The average Bonchev–Trinajstić information content (AvgIpc) is 2.62. The van der Waals surface area contributed by atoms with Crippen LogP contribution < -0.4 is 3.54 Å². The van der Waals surface area contributed by atoms with Crippen LogP contribution in [0, 0.1) is 0 Å². The number of hydrogen-bond acceptors (Lipinski definition) is 4. The van der Waals surface area contributed by atoms with Crippen LogP contribution in [-0.4, -0.2) is 57.5 Å². The second-order valence-corrected chi connectivity index (χ2v) is 47.5. The summed E-state index contributed by atoms with van der Waals surface area (Å²) in [7, 11) is -7.49. The Labute approximate surface area is 240 Å². The number of nitrogens with one attached hydrogen (secondary N) is 1. The number of nitrogens with zero attached hydrogens (tertiary/aromatic N) is 2. The van der Waals surface area contributed by atoms with E-state index in [1.54, 1.807) is 0 Å². The predicted molar refractivity (Wildman–Crippen MR) is 181 cm³/mol. The van der Waals surface area contributed by atoms with Crippen molar-refractivity contribution in [3.05, 3.63) is 54.3 Å². The van der Waals surface area contributed by atoms with Gasteiger partial charge in [-0.15, -0.1) is 0 Å². The Balaban J connectivity index is 4.47. The minimum absolute atomic E-state index is 0.409. The van der Waals surface area contributed by atoms with Crippen molar-refractivity contribution in [3.63, 3.8) is 0 Å². The van der Waals surface area contributed by atoms with E-state index >= 15 is 0 Å². The van der Waals surface area contributed by atoms with E-state index in [4.69, 9.17) is 3.07 Å². The Morgan fingerprint density at radius 1 is 0.757 bits per heavy atom. The zero-order chi connectivity index (χ0) is 29.4. The molecule has 0 spiro atoms. The van der Waals surface area contributed by atoms with E-state index in [-0.39, 0.29) is 0 Å². The summed E-state index contributed by atoms with van der Waals surface area (Å²) in [6.07, 6.45) is 1.82. The van der Waals surface area contributed by atoms with E-state index < -0.39 is 52.6 Å². The summed E-state index contributed by atoms with van der Waals surface area (Å²) in [6, 6.07) is 6.87. The van der Waals surface area contributed by atoms with Crippen molar-refractivity contribution in [2.75, 3.05) is 3.54 Å². The molecule has 37 heavy (non-hydrogen) atoms. The van der Waals surface area contributed by atoms with E-state index in [9.17, 15) is 0 Å². The van der Waals surface area contributed by atoms with Crippen molar-refractivity contribution < 1.29 is 3.07 Å². The first-order valence-corrected chi connectivity index (χ1v) is 32.9. The molecule has 4 nitrogen and oxygen atoms in total. The summed E-state index contributed by atoms with van der Waals surface area (Å²) >= 11 is -4.22. The van der Waals surface area contributed by atoms with Gasteiger partial charge < -0.3 is 0 Å². The number of rotatable bonds is 13. The summed E-state index contributed by atoms with van der Waals surface area (Å²) in [5.74, 6) is 1.53. The Morgan fingerprint density at radius 2 is 1.08 bits per heavy atom. The normalized spacial score (nSPS) is 14.1. The molecule has 0 fully saturated rings. The zero-order valence-corrected chi connectivity index (χ0v) is 34.0. The molecule has 0 bridgehead atoms. The number of para-hydroxylation sites is 1. The van der Waals surface area contributed by atoms with Crippen LogP contribution in [0.1, 0.15) is 50.7 Å². The van der Waals surface area contributed by atoms with Crippen LogP contribution in [0.25, 0.3) is 0 Å². The molecule has 0 aliphatic rings. The standard InChI is InChI=1S/C12H18N.2C6H18NSi2.C4H6O.Sn/c1-8(2)10-6-5-7-11(9(3)4)12(10)13;2*1-8(2,3)7-9(4,5)6;1-3-4(2)5;/h5-9,13H,1-4H3;2*1-6H3;3,5H,1-2H2;/q3*-1;;+4/p-1. The molecule has 0 atom stereocenters. The van der Waals surface area contributed by atoms with E-state index in [0.29, 0.717) is 17.6 Å². The molecule has 1 aromatic rings.